The number of nitrogens with zero attached hydrogens (tertiary/aromatic N) is 2. The molecule has 21 heavy (non-hydrogen) atoms. The highest BCUT2D eigenvalue weighted by atomic mass is 16.3. The van der Waals surface area contributed by atoms with Crippen molar-refractivity contribution in [2.45, 2.75) is 39.8 Å². The number of likely N-dealkylation sites (N-methyl/N-ethyl adjacent to an activating group) is 1. The molecule has 0 unspecified atom stereocenters. The summed E-state index contributed by atoms with van der Waals surface area (Å²) >= 11 is 0. The van der Waals surface area contributed by atoms with Crippen LogP contribution >= 0.6 is 0 Å². The number of hydrogen-bond acceptors (Lipinski definition) is 4. The Hall–Kier alpha value is -1.57. The van der Waals surface area contributed by atoms with Crippen molar-refractivity contribution < 1.29 is 5.11 Å². The Morgan fingerprint density at radius 1 is 1.38 bits per heavy atom. The zero-order valence-corrected chi connectivity index (χ0v) is 13.8. The number of rotatable bonds is 7. The SMILES string of the molecule is CC(C)CNCc1ccc(N(C)CC(C)(C)O)c(C#N)c1. The first-order chi connectivity index (χ1) is 9.73. The maximum Gasteiger partial charge on any atom is 0.101 e. The zero-order chi connectivity index (χ0) is 16.0. The average molecular weight is 289 g/mol. The fourth-order valence-corrected chi connectivity index (χ4v) is 2.29. The van der Waals surface area contributed by atoms with Gasteiger partial charge in [0.1, 0.15) is 6.07 Å². The molecule has 0 aliphatic carbocycles. The second kappa shape index (κ2) is 7.44. The van der Waals surface area contributed by atoms with Gasteiger partial charge in [0.2, 0.25) is 0 Å². The molecule has 2 N–H and O–H groups in total. The van der Waals surface area contributed by atoms with Gasteiger partial charge in [0.05, 0.1) is 16.9 Å². The van der Waals surface area contributed by atoms with Crippen molar-refractivity contribution in [1.82, 2.24) is 5.32 Å². The molecule has 1 aromatic carbocycles. The lowest BCUT2D eigenvalue weighted by molar-refractivity contribution is 0.0886. The topological polar surface area (TPSA) is 59.3 Å². The Morgan fingerprint density at radius 2 is 2.05 bits per heavy atom. The maximum absolute atomic E-state index is 9.90. The molecule has 0 aromatic heterocycles. The Kier molecular flexibility index (Phi) is 6.19. The van der Waals surface area contributed by atoms with E-state index in [1.165, 1.54) is 0 Å². The second-order valence-electron chi connectivity index (χ2n) is 6.66. The Bertz CT molecular complexity index is 498. The average Bonchev–Trinajstić information content (AvgIpc) is 2.36. The Morgan fingerprint density at radius 3 is 2.57 bits per heavy atom. The molecule has 1 aromatic rings. The van der Waals surface area contributed by atoms with Crippen LogP contribution in [0.2, 0.25) is 0 Å². The number of benzene rings is 1. The van der Waals surface area contributed by atoms with Crippen LogP contribution in [-0.4, -0.2) is 30.8 Å². The molecule has 0 spiro atoms. The van der Waals surface area contributed by atoms with E-state index < -0.39 is 5.60 Å². The molecule has 0 aliphatic heterocycles. The van der Waals surface area contributed by atoms with Crippen molar-refractivity contribution in [2.24, 2.45) is 5.92 Å². The summed E-state index contributed by atoms with van der Waals surface area (Å²) < 4.78 is 0. The normalized spacial score (nSPS) is 11.5. The quantitative estimate of drug-likeness (QED) is 0.810. The Labute approximate surface area is 128 Å². The largest absolute Gasteiger partial charge is 0.389 e. The lowest BCUT2D eigenvalue weighted by Crippen LogP contribution is -2.36. The molecule has 0 amide bonds. The van der Waals surface area contributed by atoms with Gasteiger partial charge in [-0.05, 0) is 44.0 Å². The molecule has 0 saturated carbocycles. The molecule has 0 atom stereocenters. The van der Waals surface area contributed by atoms with Gasteiger partial charge in [-0.1, -0.05) is 19.9 Å². The van der Waals surface area contributed by atoms with E-state index in [-0.39, 0.29) is 0 Å². The molecule has 0 aliphatic rings. The third-order valence-electron chi connectivity index (χ3n) is 3.10. The highest BCUT2D eigenvalue weighted by Crippen LogP contribution is 2.22. The van der Waals surface area contributed by atoms with Crippen LogP contribution in [0.4, 0.5) is 5.69 Å². The fraction of sp³-hybridized carbons (Fsp3) is 0.588. The van der Waals surface area contributed by atoms with E-state index in [4.69, 9.17) is 0 Å². The highest BCUT2D eigenvalue weighted by molar-refractivity contribution is 5.60. The van der Waals surface area contributed by atoms with E-state index >= 15 is 0 Å². The van der Waals surface area contributed by atoms with Crippen LogP contribution in [0.25, 0.3) is 0 Å². The second-order valence-corrected chi connectivity index (χ2v) is 6.66. The molecule has 0 bridgehead atoms. The third-order valence-corrected chi connectivity index (χ3v) is 3.10. The smallest absolute Gasteiger partial charge is 0.101 e. The molecule has 0 fully saturated rings. The van der Waals surface area contributed by atoms with Crippen LogP contribution in [0, 0.1) is 17.2 Å². The van der Waals surface area contributed by atoms with E-state index in [1.54, 1.807) is 13.8 Å². The van der Waals surface area contributed by atoms with Gasteiger partial charge in [-0.3, -0.25) is 0 Å². The predicted octanol–water partition coefficient (Wildman–Crippen LogP) is 2.51. The minimum atomic E-state index is -0.793. The van der Waals surface area contributed by atoms with Crippen LogP contribution in [0.3, 0.4) is 0 Å². The summed E-state index contributed by atoms with van der Waals surface area (Å²) in [5, 5.41) is 22.6. The lowest BCUT2D eigenvalue weighted by atomic mass is 10.1. The molecular weight excluding hydrogens is 262 g/mol. The van der Waals surface area contributed by atoms with Gasteiger partial charge in [0.15, 0.2) is 0 Å². The molecule has 4 heteroatoms. The molecule has 0 heterocycles. The van der Waals surface area contributed by atoms with Crippen LogP contribution in [0.15, 0.2) is 18.2 Å². The van der Waals surface area contributed by atoms with Crippen molar-refractivity contribution in [3.8, 4) is 6.07 Å². The van der Waals surface area contributed by atoms with Gasteiger partial charge in [0, 0.05) is 20.1 Å². The molecular formula is C17H27N3O. The van der Waals surface area contributed by atoms with E-state index in [0.717, 1.165) is 24.3 Å². The van der Waals surface area contributed by atoms with Crippen LogP contribution in [-0.2, 0) is 6.54 Å². The summed E-state index contributed by atoms with van der Waals surface area (Å²) in [4.78, 5) is 1.92. The number of nitriles is 1. The van der Waals surface area contributed by atoms with Gasteiger partial charge >= 0.3 is 0 Å². The summed E-state index contributed by atoms with van der Waals surface area (Å²) in [6.45, 7) is 10.1. The van der Waals surface area contributed by atoms with Gasteiger partial charge < -0.3 is 15.3 Å². The third kappa shape index (κ3) is 6.16. The summed E-state index contributed by atoms with van der Waals surface area (Å²) in [5.74, 6) is 0.609. The first kappa shape index (κ1) is 17.5. The number of aliphatic hydroxyl groups is 1. The standard InChI is InChI=1S/C17H27N3O/c1-13(2)10-19-11-14-6-7-16(15(8-14)9-18)20(5)12-17(3,4)21/h6-8,13,19,21H,10-12H2,1-5H3. The first-order valence-electron chi connectivity index (χ1n) is 7.40. The number of hydrogen-bond donors (Lipinski definition) is 2. The van der Waals surface area contributed by atoms with E-state index in [9.17, 15) is 10.4 Å². The van der Waals surface area contributed by atoms with Gasteiger partial charge in [-0.25, -0.2) is 0 Å². The summed E-state index contributed by atoms with van der Waals surface area (Å²) in [6.07, 6.45) is 0. The van der Waals surface area contributed by atoms with Crippen molar-refractivity contribution in [2.75, 3.05) is 25.0 Å². The number of nitrogens with one attached hydrogen (secondary N) is 1. The first-order valence-corrected chi connectivity index (χ1v) is 7.40. The van der Waals surface area contributed by atoms with Gasteiger partial charge in [0.25, 0.3) is 0 Å². The monoisotopic (exact) mass is 289 g/mol. The van der Waals surface area contributed by atoms with Crippen molar-refractivity contribution in [1.29, 1.82) is 5.26 Å². The summed E-state index contributed by atoms with van der Waals surface area (Å²) in [6, 6.07) is 8.16. The van der Waals surface area contributed by atoms with Crippen molar-refractivity contribution in [3.05, 3.63) is 29.3 Å². The van der Waals surface area contributed by atoms with Crippen LogP contribution in [0.1, 0.15) is 38.8 Å². The zero-order valence-electron chi connectivity index (χ0n) is 13.8. The van der Waals surface area contributed by atoms with Crippen LogP contribution < -0.4 is 10.2 Å². The molecule has 0 saturated heterocycles. The van der Waals surface area contributed by atoms with Crippen molar-refractivity contribution in [3.63, 3.8) is 0 Å². The summed E-state index contributed by atoms with van der Waals surface area (Å²) in [5.41, 5.74) is 1.81. The number of anilines is 1. The Balaban J connectivity index is 2.82. The minimum Gasteiger partial charge on any atom is -0.389 e. The highest BCUT2D eigenvalue weighted by Gasteiger charge is 2.18. The van der Waals surface area contributed by atoms with Crippen LogP contribution in [0.5, 0.6) is 0 Å². The minimum absolute atomic E-state index is 0.479. The molecule has 4 nitrogen and oxygen atoms in total. The van der Waals surface area contributed by atoms with Gasteiger partial charge in [-0.15, -0.1) is 0 Å². The fourth-order valence-electron chi connectivity index (χ4n) is 2.29. The molecule has 0 radical (unpaired) electrons. The predicted molar refractivity (Wildman–Crippen MR) is 87.3 cm³/mol. The lowest BCUT2D eigenvalue weighted by Gasteiger charge is -2.28. The van der Waals surface area contributed by atoms with E-state index in [1.807, 2.05) is 30.1 Å². The summed E-state index contributed by atoms with van der Waals surface area (Å²) in [7, 11) is 1.89. The van der Waals surface area contributed by atoms with E-state index in [2.05, 4.69) is 25.2 Å². The van der Waals surface area contributed by atoms with Gasteiger partial charge in [-0.2, -0.15) is 5.26 Å². The van der Waals surface area contributed by atoms with E-state index in [0.29, 0.717) is 18.0 Å². The molecule has 1 rings (SSSR count). The molecule has 116 valence electrons. The maximum atomic E-state index is 9.90. The van der Waals surface area contributed by atoms with Crippen molar-refractivity contribution >= 4 is 5.69 Å².